The van der Waals surface area contributed by atoms with Gasteiger partial charge in [0.2, 0.25) is 0 Å². The van der Waals surface area contributed by atoms with Crippen LogP contribution in [0.3, 0.4) is 0 Å². The van der Waals surface area contributed by atoms with Gasteiger partial charge in [-0.1, -0.05) is 42.5 Å². The summed E-state index contributed by atoms with van der Waals surface area (Å²) in [6, 6.07) is 19.6. The van der Waals surface area contributed by atoms with Gasteiger partial charge >= 0.3 is 0 Å². The predicted octanol–water partition coefficient (Wildman–Crippen LogP) is 4.90. The van der Waals surface area contributed by atoms with Crippen molar-refractivity contribution in [2.75, 3.05) is 38.3 Å². The molecule has 3 heterocycles. The molecule has 3 aromatic rings. The van der Waals surface area contributed by atoms with Crippen molar-refractivity contribution in [3.63, 3.8) is 0 Å². The van der Waals surface area contributed by atoms with Gasteiger partial charge in [0.25, 0.3) is 5.91 Å². The maximum Gasteiger partial charge on any atom is 0.277 e. The first-order chi connectivity index (χ1) is 16.7. The van der Waals surface area contributed by atoms with Crippen molar-refractivity contribution < 1.29 is 14.3 Å². The fourth-order valence-electron chi connectivity index (χ4n) is 4.47. The van der Waals surface area contributed by atoms with Crippen LogP contribution < -0.4 is 14.4 Å². The first-order valence-electron chi connectivity index (χ1n) is 11.8. The van der Waals surface area contributed by atoms with Crippen molar-refractivity contribution in [2.24, 2.45) is 0 Å². The number of carbonyl (C=O) groups is 1. The molecule has 1 amide bonds. The number of rotatable bonds is 8. The number of aromatic nitrogens is 1. The minimum atomic E-state index is -0.102. The van der Waals surface area contributed by atoms with Crippen LogP contribution in [-0.4, -0.2) is 49.1 Å². The second-order valence-electron chi connectivity index (χ2n) is 8.61. The molecule has 2 aliphatic heterocycles. The molecule has 1 fully saturated rings. The summed E-state index contributed by atoms with van der Waals surface area (Å²) in [6.45, 7) is 4.32. The molecule has 0 saturated carbocycles. The van der Waals surface area contributed by atoms with E-state index >= 15 is 0 Å². The number of carbonyl (C=O) groups excluding carboxylic acids is 1. The third-order valence-electron chi connectivity index (χ3n) is 6.35. The lowest BCUT2D eigenvalue weighted by molar-refractivity contribution is 0.0992. The highest BCUT2D eigenvalue weighted by atomic mass is 16.5. The average Bonchev–Trinajstić information content (AvgIpc) is 3.51. The second kappa shape index (κ2) is 10.1. The molecule has 5 rings (SSSR count). The second-order valence-corrected chi connectivity index (χ2v) is 8.61. The standard InChI is InChI=1S/C28H29N3O3/c1-33-26-19-24(13-14-25(26)34-18-17-30-15-5-6-16-30)31-20-22-10-12-23(29-27(22)28(31)32)11-9-21-7-3-2-4-8-21/h2-4,7-14,19H,5-6,15-18,20H2,1H3/b11-9+. The summed E-state index contributed by atoms with van der Waals surface area (Å²) in [5, 5.41) is 0. The number of hydrogen-bond acceptors (Lipinski definition) is 5. The molecule has 2 aliphatic rings. The highest BCUT2D eigenvalue weighted by molar-refractivity contribution is 6.09. The third kappa shape index (κ3) is 4.82. The van der Waals surface area contributed by atoms with Crippen LogP contribution >= 0.6 is 0 Å². The minimum Gasteiger partial charge on any atom is -0.493 e. The number of hydrogen-bond donors (Lipinski definition) is 0. The van der Waals surface area contributed by atoms with Crippen molar-refractivity contribution in [3.8, 4) is 11.5 Å². The maximum absolute atomic E-state index is 13.2. The summed E-state index contributed by atoms with van der Waals surface area (Å²) >= 11 is 0. The Hall–Kier alpha value is -3.64. The number of amides is 1. The van der Waals surface area contributed by atoms with Crippen molar-refractivity contribution in [1.82, 2.24) is 9.88 Å². The Morgan fingerprint density at radius 1 is 0.971 bits per heavy atom. The summed E-state index contributed by atoms with van der Waals surface area (Å²) < 4.78 is 11.6. The van der Waals surface area contributed by atoms with Gasteiger partial charge in [-0.15, -0.1) is 0 Å². The van der Waals surface area contributed by atoms with Gasteiger partial charge in [0.15, 0.2) is 11.5 Å². The molecule has 6 nitrogen and oxygen atoms in total. The SMILES string of the molecule is COc1cc(N2Cc3ccc(/C=C/c4ccccc4)nc3C2=O)ccc1OCCN1CCCC1. The summed E-state index contributed by atoms with van der Waals surface area (Å²) in [7, 11) is 1.62. The Balaban J connectivity index is 1.28. The van der Waals surface area contributed by atoms with E-state index in [1.807, 2.05) is 72.8 Å². The quantitative estimate of drug-likeness (QED) is 0.484. The van der Waals surface area contributed by atoms with Crippen LogP contribution in [0.15, 0.2) is 60.7 Å². The molecule has 174 valence electrons. The van der Waals surface area contributed by atoms with E-state index in [0.29, 0.717) is 30.3 Å². The number of fused-ring (bicyclic) bond motifs is 1. The summed E-state index contributed by atoms with van der Waals surface area (Å²) in [6.07, 6.45) is 6.47. The zero-order chi connectivity index (χ0) is 23.3. The number of likely N-dealkylation sites (tertiary alicyclic amines) is 1. The van der Waals surface area contributed by atoms with E-state index in [0.717, 1.165) is 42.1 Å². The van der Waals surface area contributed by atoms with Crippen LogP contribution in [-0.2, 0) is 6.54 Å². The minimum absolute atomic E-state index is 0.102. The topological polar surface area (TPSA) is 54.9 Å². The highest BCUT2D eigenvalue weighted by Gasteiger charge is 2.30. The van der Waals surface area contributed by atoms with E-state index in [4.69, 9.17) is 9.47 Å². The number of pyridine rings is 1. The van der Waals surface area contributed by atoms with Gasteiger partial charge in [-0.25, -0.2) is 4.98 Å². The van der Waals surface area contributed by atoms with Crippen molar-refractivity contribution in [2.45, 2.75) is 19.4 Å². The predicted molar refractivity (Wildman–Crippen MR) is 134 cm³/mol. The van der Waals surface area contributed by atoms with E-state index in [1.54, 1.807) is 12.0 Å². The van der Waals surface area contributed by atoms with Crippen LogP contribution in [0.2, 0.25) is 0 Å². The van der Waals surface area contributed by atoms with E-state index < -0.39 is 0 Å². The molecule has 0 radical (unpaired) electrons. The molecule has 6 heteroatoms. The van der Waals surface area contributed by atoms with Crippen molar-refractivity contribution in [1.29, 1.82) is 0 Å². The van der Waals surface area contributed by atoms with Gasteiger partial charge in [0, 0.05) is 23.9 Å². The molecule has 2 aromatic carbocycles. The zero-order valence-electron chi connectivity index (χ0n) is 19.4. The maximum atomic E-state index is 13.2. The first kappa shape index (κ1) is 22.2. The molecule has 34 heavy (non-hydrogen) atoms. The van der Waals surface area contributed by atoms with Crippen LogP contribution in [0, 0.1) is 0 Å². The molecule has 0 bridgehead atoms. The summed E-state index contributed by atoms with van der Waals surface area (Å²) in [5.74, 6) is 1.22. The fraction of sp³-hybridized carbons (Fsp3) is 0.286. The Morgan fingerprint density at radius 2 is 1.79 bits per heavy atom. The van der Waals surface area contributed by atoms with Crippen LogP contribution in [0.25, 0.3) is 12.2 Å². The van der Waals surface area contributed by atoms with Gasteiger partial charge in [0.1, 0.15) is 12.3 Å². The summed E-state index contributed by atoms with van der Waals surface area (Å²) in [4.78, 5) is 22.0. The van der Waals surface area contributed by atoms with Gasteiger partial charge in [-0.3, -0.25) is 9.69 Å². The lowest BCUT2D eigenvalue weighted by atomic mass is 10.1. The number of methoxy groups -OCH3 is 1. The Bertz CT molecular complexity index is 1190. The molecule has 0 aliphatic carbocycles. The van der Waals surface area contributed by atoms with Gasteiger partial charge in [-0.2, -0.15) is 0 Å². The van der Waals surface area contributed by atoms with E-state index in [2.05, 4.69) is 9.88 Å². The molecular weight excluding hydrogens is 426 g/mol. The van der Waals surface area contributed by atoms with Crippen LogP contribution in [0.4, 0.5) is 5.69 Å². The summed E-state index contributed by atoms with van der Waals surface area (Å²) in [5.41, 5.74) is 4.05. The largest absolute Gasteiger partial charge is 0.493 e. The smallest absolute Gasteiger partial charge is 0.277 e. The third-order valence-corrected chi connectivity index (χ3v) is 6.35. The van der Waals surface area contributed by atoms with Gasteiger partial charge in [0.05, 0.1) is 19.3 Å². The fourth-order valence-corrected chi connectivity index (χ4v) is 4.47. The van der Waals surface area contributed by atoms with Crippen LogP contribution in [0.1, 0.15) is 40.2 Å². The highest BCUT2D eigenvalue weighted by Crippen LogP contribution is 2.35. The van der Waals surface area contributed by atoms with E-state index in [9.17, 15) is 4.79 Å². The number of benzene rings is 2. The van der Waals surface area contributed by atoms with E-state index in [1.165, 1.54) is 12.8 Å². The monoisotopic (exact) mass is 455 g/mol. The van der Waals surface area contributed by atoms with Crippen molar-refractivity contribution in [3.05, 3.63) is 83.2 Å². The number of nitrogens with zero attached hydrogens (tertiary/aromatic N) is 3. The van der Waals surface area contributed by atoms with Gasteiger partial charge in [-0.05, 0) is 55.8 Å². The normalized spacial score (nSPS) is 15.8. The molecule has 1 saturated heterocycles. The molecule has 0 atom stereocenters. The van der Waals surface area contributed by atoms with E-state index in [-0.39, 0.29) is 5.91 Å². The van der Waals surface area contributed by atoms with Crippen LogP contribution in [0.5, 0.6) is 11.5 Å². The zero-order valence-corrected chi connectivity index (χ0v) is 19.4. The number of anilines is 1. The Morgan fingerprint density at radius 3 is 2.59 bits per heavy atom. The average molecular weight is 456 g/mol. The lowest BCUT2D eigenvalue weighted by Gasteiger charge is -2.19. The van der Waals surface area contributed by atoms with Gasteiger partial charge < -0.3 is 14.4 Å². The molecule has 1 aromatic heterocycles. The first-order valence-corrected chi connectivity index (χ1v) is 11.8. The Kier molecular flexibility index (Phi) is 6.58. The molecule has 0 N–H and O–H groups in total. The molecule has 0 spiro atoms. The Labute approximate surface area is 200 Å². The molecular formula is C28H29N3O3. The molecule has 0 unspecified atom stereocenters. The lowest BCUT2D eigenvalue weighted by Crippen LogP contribution is -2.25. The van der Waals surface area contributed by atoms with Crippen molar-refractivity contribution >= 4 is 23.7 Å². The number of ether oxygens (including phenoxy) is 2.